The minimum absolute atomic E-state index is 0.313. The molecule has 0 saturated heterocycles. The molecule has 2 aromatic rings. The second-order valence-electron chi connectivity index (χ2n) is 6.43. The van der Waals surface area contributed by atoms with Crippen molar-refractivity contribution in [1.82, 2.24) is 9.55 Å². The first-order chi connectivity index (χ1) is 9.18. The van der Waals surface area contributed by atoms with Crippen molar-refractivity contribution < 1.29 is 4.39 Å². The van der Waals surface area contributed by atoms with Crippen LogP contribution in [0, 0.1) is 17.8 Å². The fourth-order valence-electron chi connectivity index (χ4n) is 4.52. The van der Waals surface area contributed by atoms with E-state index in [1.165, 1.54) is 16.1 Å². The molecule has 0 bridgehead atoms. The molecule has 2 unspecified atom stereocenters. The summed E-state index contributed by atoms with van der Waals surface area (Å²) in [5, 5.41) is 2.17. The molecule has 0 radical (unpaired) electrons. The normalized spacial score (nSPS) is 42.0. The van der Waals surface area contributed by atoms with E-state index in [1.807, 2.05) is 23.9 Å². The molecular formula is C15H15FN2S. The van der Waals surface area contributed by atoms with Gasteiger partial charge in [0.25, 0.3) is 0 Å². The summed E-state index contributed by atoms with van der Waals surface area (Å²) in [5.74, 6) is 1.22. The van der Waals surface area contributed by atoms with Gasteiger partial charge in [-0.2, -0.15) is 0 Å². The fourth-order valence-corrected chi connectivity index (χ4v) is 5.61. The van der Waals surface area contributed by atoms with Gasteiger partial charge in [0, 0.05) is 10.4 Å². The average Bonchev–Trinajstić information content (AvgIpc) is 2.95. The minimum Gasteiger partial charge on any atom is -0.322 e. The Kier molecular flexibility index (Phi) is 1.74. The largest absolute Gasteiger partial charge is 0.322 e. The van der Waals surface area contributed by atoms with Crippen LogP contribution in [0.5, 0.6) is 0 Å². The molecule has 1 aliphatic heterocycles. The zero-order valence-corrected chi connectivity index (χ0v) is 11.5. The van der Waals surface area contributed by atoms with Crippen molar-refractivity contribution in [3.63, 3.8) is 0 Å². The first-order valence-corrected chi connectivity index (χ1v) is 7.84. The van der Waals surface area contributed by atoms with E-state index in [0.717, 1.165) is 12.8 Å². The van der Waals surface area contributed by atoms with Crippen molar-refractivity contribution in [1.29, 1.82) is 0 Å². The zero-order valence-electron chi connectivity index (χ0n) is 10.7. The molecule has 19 heavy (non-hydrogen) atoms. The summed E-state index contributed by atoms with van der Waals surface area (Å²) in [4.78, 5) is 5.76. The van der Waals surface area contributed by atoms with Crippen LogP contribution in [0.1, 0.15) is 30.7 Å². The molecule has 2 nitrogen and oxygen atoms in total. The van der Waals surface area contributed by atoms with Gasteiger partial charge in [-0.05, 0) is 49.0 Å². The predicted octanol–water partition coefficient (Wildman–Crippen LogP) is 3.90. The quantitative estimate of drug-likeness (QED) is 0.771. The van der Waals surface area contributed by atoms with Crippen molar-refractivity contribution in [2.45, 2.75) is 31.5 Å². The average molecular weight is 274 g/mol. The van der Waals surface area contributed by atoms with E-state index < -0.39 is 5.67 Å². The Labute approximate surface area is 115 Å². The molecule has 0 aromatic carbocycles. The van der Waals surface area contributed by atoms with Crippen LogP contribution in [0.4, 0.5) is 4.39 Å². The molecule has 3 aliphatic rings. The molecule has 3 atom stereocenters. The van der Waals surface area contributed by atoms with E-state index in [-0.39, 0.29) is 0 Å². The SMILES string of the molecule is CC1(F)C2CC([C@H]3c4sccc4-c4cncn43)CC21. The summed E-state index contributed by atoms with van der Waals surface area (Å²) in [6.07, 6.45) is 5.99. The Hall–Kier alpha value is -1.16. The lowest BCUT2D eigenvalue weighted by Crippen LogP contribution is -2.19. The van der Waals surface area contributed by atoms with Crippen LogP contribution in [0.2, 0.25) is 0 Å². The van der Waals surface area contributed by atoms with Gasteiger partial charge in [-0.15, -0.1) is 11.3 Å². The maximum absolute atomic E-state index is 14.0. The van der Waals surface area contributed by atoms with Crippen molar-refractivity contribution >= 4 is 11.3 Å². The third-order valence-electron chi connectivity index (χ3n) is 5.59. The van der Waals surface area contributed by atoms with Crippen LogP contribution in [-0.2, 0) is 0 Å². The molecule has 2 saturated carbocycles. The summed E-state index contributed by atoms with van der Waals surface area (Å²) in [7, 11) is 0. The monoisotopic (exact) mass is 274 g/mol. The highest BCUT2D eigenvalue weighted by Crippen LogP contribution is 2.67. The minimum atomic E-state index is -0.870. The second-order valence-corrected chi connectivity index (χ2v) is 7.37. The van der Waals surface area contributed by atoms with Gasteiger partial charge in [0.2, 0.25) is 0 Å². The van der Waals surface area contributed by atoms with Crippen LogP contribution < -0.4 is 0 Å². The molecule has 4 heteroatoms. The van der Waals surface area contributed by atoms with Crippen molar-refractivity contribution in [2.75, 3.05) is 0 Å². The molecule has 3 heterocycles. The predicted molar refractivity (Wildman–Crippen MR) is 72.9 cm³/mol. The summed E-state index contributed by atoms with van der Waals surface area (Å²) in [6, 6.07) is 2.61. The van der Waals surface area contributed by atoms with E-state index in [2.05, 4.69) is 21.0 Å². The highest BCUT2D eigenvalue weighted by molar-refractivity contribution is 7.10. The third kappa shape index (κ3) is 1.15. The van der Waals surface area contributed by atoms with Crippen LogP contribution in [0.3, 0.4) is 0 Å². The summed E-state index contributed by atoms with van der Waals surface area (Å²) >= 11 is 1.84. The maximum Gasteiger partial charge on any atom is 0.114 e. The van der Waals surface area contributed by atoms with Gasteiger partial charge < -0.3 is 4.57 Å². The van der Waals surface area contributed by atoms with Crippen molar-refractivity contribution in [3.05, 3.63) is 28.8 Å². The maximum atomic E-state index is 14.0. The highest BCUT2D eigenvalue weighted by atomic mass is 32.1. The molecule has 2 aromatic heterocycles. The summed E-state index contributed by atoms with van der Waals surface area (Å²) < 4.78 is 16.3. The number of fused-ring (bicyclic) bond motifs is 4. The number of rotatable bonds is 1. The first kappa shape index (κ1) is 10.6. The molecule has 0 N–H and O–H groups in total. The van der Waals surface area contributed by atoms with Crippen LogP contribution >= 0.6 is 11.3 Å². The Bertz CT molecular complexity index is 617. The van der Waals surface area contributed by atoms with E-state index >= 15 is 0 Å². The molecule has 2 aliphatic carbocycles. The van der Waals surface area contributed by atoms with Gasteiger partial charge in [0.1, 0.15) is 5.67 Å². The Morgan fingerprint density at radius 3 is 3.00 bits per heavy atom. The van der Waals surface area contributed by atoms with Crippen molar-refractivity contribution in [3.8, 4) is 11.3 Å². The second kappa shape index (κ2) is 3.11. The fraction of sp³-hybridized carbons (Fsp3) is 0.533. The van der Waals surface area contributed by atoms with Gasteiger partial charge in [-0.1, -0.05) is 0 Å². The van der Waals surface area contributed by atoms with Gasteiger partial charge in [0.15, 0.2) is 0 Å². The van der Waals surface area contributed by atoms with Gasteiger partial charge >= 0.3 is 0 Å². The third-order valence-corrected chi connectivity index (χ3v) is 6.58. The molecule has 98 valence electrons. The van der Waals surface area contributed by atoms with Gasteiger partial charge in [-0.25, -0.2) is 9.37 Å². The van der Waals surface area contributed by atoms with Crippen molar-refractivity contribution in [2.24, 2.45) is 17.8 Å². The van der Waals surface area contributed by atoms with E-state index in [0.29, 0.717) is 23.8 Å². The summed E-state index contributed by atoms with van der Waals surface area (Å²) in [6.45, 7) is 1.78. The Balaban J connectivity index is 1.55. The Morgan fingerprint density at radius 2 is 2.21 bits per heavy atom. The number of thiophene rings is 1. The van der Waals surface area contributed by atoms with E-state index in [9.17, 15) is 4.39 Å². The molecule has 0 spiro atoms. The first-order valence-electron chi connectivity index (χ1n) is 6.96. The number of hydrogen-bond donors (Lipinski definition) is 0. The Morgan fingerprint density at radius 1 is 1.42 bits per heavy atom. The standard InChI is InChI=1S/C15H15FN2S/c1-15(16)10-4-8(5-11(10)15)13-14-9(2-3-19-14)12-6-17-7-18(12)13/h2-3,6-8,10-11,13H,4-5H2,1H3/t8?,10?,11?,13-,15?/m0/s1. The highest BCUT2D eigenvalue weighted by Gasteiger charge is 2.67. The number of halogens is 1. The lowest BCUT2D eigenvalue weighted by Gasteiger charge is -2.24. The lowest BCUT2D eigenvalue weighted by atomic mass is 9.91. The van der Waals surface area contributed by atoms with Crippen LogP contribution in [-0.4, -0.2) is 15.2 Å². The molecule has 0 amide bonds. The summed E-state index contributed by atoms with van der Waals surface area (Å²) in [5.41, 5.74) is 1.71. The number of aromatic nitrogens is 2. The topological polar surface area (TPSA) is 17.8 Å². The van der Waals surface area contributed by atoms with E-state index in [4.69, 9.17) is 0 Å². The van der Waals surface area contributed by atoms with Gasteiger partial charge in [0.05, 0.1) is 24.3 Å². The van der Waals surface area contributed by atoms with Gasteiger partial charge in [-0.3, -0.25) is 0 Å². The molecular weight excluding hydrogens is 259 g/mol. The zero-order chi connectivity index (χ0) is 12.8. The lowest BCUT2D eigenvalue weighted by molar-refractivity contribution is 0.226. The smallest absolute Gasteiger partial charge is 0.114 e. The van der Waals surface area contributed by atoms with Crippen LogP contribution in [0.25, 0.3) is 11.3 Å². The molecule has 2 fully saturated rings. The number of hydrogen-bond acceptors (Lipinski definition) is 2. The number of imidazole rings is 1. The van der Waals surface area contributed by atoms with E-state index in [1.54, 1.807) is 6.92 Å². The molecule has 5 rings (SSSR count). The number of alkyl halides is 1. The van der Waals surface area contributed by atoms with Crippen LogP contribution in [0.15, 0.2) is 24.0 Å². The number of nitrogens with zero attached hydrogens (tertiary/aromatic N) is 2.